The van der Waals surface area contributed by atoms with E-state index in [0.29, 0.717) is 6.04 Å². The minimum absolute atomic E-state index is 0.211. The Balaban J connectivity index is 2.50. The van der Waals surface area contributed by atoms with Gasteiger partial charge in [0.15, 0.2) is 0 Å². The fourth-order valence-electron chi connectivity index (χ4n) is 1.24. The van der Waals surface area contributed by atoms with Crippen LogP contribution in [-0.4, -0.2) is 17.8 Å². The molecule has 0 aliphatic rings. The number of hydrogen-bond donors (Lipinski definition) is 2. The molecule has 1 aromatic carbocycles. The third-order valence-electron chi connectivity index (χ3n) is 2.22. The van der Waals surface area contributed by atoms with Crippen molar-refractivity contribution in [3.05, 3.63) is 33.3 Å². The molecule has 0 saturated carbocycles. The second kappa shape index (κ2) is 6.48. The summed E-state index contributed by atoms with van der Waals surface area (Å²) in [7, 11) is 0. The molecule has 0 amide bonds. The van der Waals surface area contributed by atoms with Gasteiger partial charge in [-0.1, -0.05) is 33.6 Å². The van der Waals surface area contributed by atoms with E-state index in [1.54, 1.807) is 0 Å². The minimum Gasteiger partial charge on any atom is -0.396 e. The lowest BCUT2D eigenvalue weighted by atomic mass is 10.2. The maximum atomic E-state index is 8.75. The molecular formula is C11H15BrClNO. The van der Waals surface area contributed by atoms with E-state index < -0.39 is 0 Å². The lowest BCUT2D eigenvalue weighted by molar-refractivity contribution is 0.268. The van der Waals surface area contributed by atoms with Crippen LogP contribution >= 0.6 is 27.5 Å². The Labute approximate surface area is 104 Å². The van der Waals surface area contributed by atoms with Crippen molar-refractivity contribution >= 4 is 27.5 Å². The van der Waals surface area contributed by atoms with Gasteiger partial charge in [0.25, 0.3) is 0 Å². The molecule has 1 atom stereocenters. The Bertz CT molecular complexity index is 319. The average Bonchev–Trinajstić information content (AvgIpc) is 2.17. The first-order chi connectivity index (χ1) is 7.13. The average molecular weight is 293 g/mol. The fraction of sp³-hybridized carbons (Fsp3) is 0.455. The summed E-state index contributed by atoms with van der Waals surface area (Å²) >= 11 is 9.43. The van der Waals surface area contributed by atoms with Gasteiger partial charge in [-0.15, -0.1) is 0 Å². The molecule has 4 heteroatoms. The van der Waals surface area contributed by atoms with E-state index in [1.165, 1.54) is 0 Å². The standard InChI is InChI=1S/C11H15BrClNO/c1-8(4-5-15)14-7-9-2-3-10(12)6-11(9)13/h2-3,6,8,14-15H,4-5,7H2,1H3/t8-/m1/s1. The molecule has 84 valence electrons. The van der Waals surface area contributed by atoms with E-state index in [9.17, 15) is 0 Å². The van der Waals surface area contributed by atoms with Crippen LogP contribution in [0.25, 0.3) is 0 Å². The summed E-state index contributed by atoms with van der Waals surface area (Å²) < 4.78 is 0.986. The molecule has 2 N–H and O–H groups in total. The number of aliphatic hydroxyl groups excluding tert-OH is 1. The van der Waals surface area contributed by atoms with Crippen molar-refractivity contribution in [3.63, 3.8) is 0 Å². The number of hydrogen-bond acceptors (Lipinski definition) is 2. The molecule has 15 heavy (non-hydrogen) atoms. The smallest absolute Gasteiger partial charge is 0.0462 e. The zero-order valence-electron chi connectivity index (χ0n) is 8.63. The highest BCUT2D eigenvalue weighted by Crippen LogP contribution is 2.21. The molecule has 0 aliphatic carbocycles. The SMILES string of the molecule is C[C@H](CCO)NCc1ccc(Br)cc1Cl. The quantitative estimate of drug-likeness (QED) is 0.874. The molecular weight excluding hydrogens is 277 g/mol. The molecule has 0 aliphatic heterocycles. The molecule has 0 aromatic heterocycles. The van der Waals surface area contributed by atoms with Crippen LogP contribution in [0.4, 0.5) is 0 Å². The van der Waals surface area contributed by atoms with Crippen LogP contribution < -0.4 is 5.32 Å². The summed E-state index contributed by atoms with van der Waals surface area (Å²) in [5.41, 5.74) is 1.07. The van der Waals surface area contributed by atoms with E-state index in [1.807, 2.05) is 25.1 Å². The maximum Gasteiger partial charge on any atom is 0.0462 e. The first-order valence-corrected chi connectivity index (χ1v) is 6.08. The zero-order valence-corrected chi connectivity index (χ0v) is 11.0. The second-order valence-corrected chi connectivity index (χ2v) is 4.85. The van der Waals surface area contributed by atoms with Crippen molar-refractivity contribution in [1.82, 2.24) is 5.32 Å². The minimum atomic E-state index is 0.211. The van der Waals surface area contributed by atoms with Crippen molar-refractivity contribution in [2.75, 3.05) is 6.61 Å². The molecule has 0 spiro atoms. The third kappa shape index (κ3) is 4.51. The second-order valence-electron chi connectivity index (χ2n) is 3.53. The number of nitrogens with one attached hydrogen (secondary N) is 1. The number of rotatable bonds is 5. The molecule has 1 aromatic rings. The molecule has 0 fully saturated rings. The van der Waals surface area contributed by atoms with Crippen molar-refractivity contribution in [2.24, 2.45) is 0 Å². The van der Waals surface area contributed by atoms with Crippen LogP contribution in [0.15, 0.2) is 22.7 Å². The molecule has 1 rings (SSSR count). The van der Waals surface area contributed by atoms with Gasteiger partial charge >= 0.3 is 0 Å². The highest BCUT2D eigenvalue weighted by molar-refractivity contribution is 9.10. The van der Waals surface area contributed by atoms with Gasteiger partial charge < -0.3 is 10.4 Å². The lowest BCUT2D eigenvalue weighted by Crippen LogP contribution is -2.26. The first-order valence-electron chi connectivity index (χ1n) is 4.91. The van der Waals surface area contributed by atoms with Gasteiger partial charge in [0.1, 0.15) is 0 Å². The van der Waals surface area contributed by atoms with Crippen LogP contribution in [0.2, 0.25) is 5.02 Å². The summed E-state index contributed by atoms with van der Waals surface area (Å²) in [4.78, 5) is 0. The van der Waals surface area contributed by atoms with E-state index in [4.69, 9.17) is 16.7 Å². The summed E-state index contributed by atoms with van der Waals surface area (Å²) in [5.74, 6) is 0. The molecule has 0 saturated heterocycles. The summed E-state index contributed by atoms with van der Waals surface area (Å²) in [6.07, 6.45) is 0.758. The van der Waals surface area contributed by atoms with Gasteiger partial charge in [-0.25, -0.2) is 0 Å². The molecule has 0 bridgehead atoms. The number of halogens is 2. The van der Waals surface area contributed by atoms with Crippen molar-refractivity contribution in [2.45, 2.75) is 25.9 Å². The van der Waals surface area contributed by atoms with Crippen molar-refractivity contribution in [3.8, 4) is 0 Å². The molecule has 2 nitrogen and oxygen atoms in total. The monoisotopic (exact) mass is 291 g/mol. The van der Waals surface area contributed by atoms with Crippen LogP contribution in [0, 0.1) is 0 Å². The Hall–Kier alpha value is -0.0900. The predicted molar refractivity (Wildman–Crippen MR) is 67.2 cm³/mol. The topological polar surface area (TPSA) is 32.3 Å². The maximum absolute atomic E-state index is 8.75. The van der Waals surface area contributed by atoms with Crippen molar-refractivity contribution in [1.29, 1.82) is 0 Å². The Morgan fingerprint density at radius 1 is 1.53 bits per heavy atom. The van der Waals surface area contributed by atoms with Gasteiger partial charge in [-0.3, -0.25) is 0 Å². The number of aliphatic hydroxyl groups is 1. The van der Waals surface area contributed by atoms with Gasteiger partial charge in [0, 0.05) is 28.7 Å². The van der Waals surface area contributed by atoms with E-state index in [2.05, 4.69) is 21.2 Å². The predicted octanol–water partition coefficient (Wildman–Crippen LogP) is 2.96. The summed E-state index contributed by atoms with van der Waals surface area (Å²) in [6, 6.07) is 6.15. The molecule has 0 radical (unpaired) electrons. The highest BCUT2D eigenvalue weighted by Gasteiger charge is 2.03. The molecule has 0 unspecified atom stereocenters. The molecule has 0 heterocycles. The Kier molecular flexibility index (Phi) is 5.61. The van der Waals surface area contributed by atoms with E-state index in [-0.39, 0.29) is 6.61 Å². The largest absolute Gasteiger partial charge is 0.396 e. The fourth-order valence-corrected chi connectivity index (χ4v) is 1.99. The first kappa shape index (κ1) is 13.0. The van der Waals surface area contributed by atoms with Crippen LogP contribution in [0.5, 0.6) is 0 Å². The van der Waals surface area contributed by atoms with Crippen molar-refractivity contribution < 1.29 is 5.11 Å². The highest BCUT2D eigenvalue weighted by atomic mass is 79.9. The van der Waals surface area contributed by atoms with Crippen LogP contribution in [-0.2, 0) is 6.54 Å². The van der Waals surface area contributed by atoms with Gasteiger partial charge in [0.2, 0.25) is 0 Å². The third-order valence-corrected chi connectivity index (χ3v) is 3.06. The van der Waals surface area contributed by atoms with E-state index in [0.717, 1.165) is 28.0 Å². The van der Waals surface area contributed by atoms with Gasteiger partial charge in [-0.05, 0) is 31.0 Å². The Morgan fingerprint density at radius 3 is 2.87 bits per heavy atom. The summed E-state index contributed by atoms with van der Waals surface area (Å²) in [5, 5.41) is 12.8. The van der Waals surface area contributed by atoms with Crippen LogP contribution in [0.1, 0.15) is 18.9 Å². The van der Waals surface area contributed by atoms with E-state index >= 15 is 0 Å². The normalized spacial score (nSPS) is 12.8. The lowest BCUT2D eigenvalue weighted by Gasteiger charge is -2.13. The number of benzene rings is 1. The van der Waals surface area contributed by atoms with Gasteiger partial charge in [0.05, 0.1) is 0 Å². The summed E-state index contributed by atoms with van der Waals surface area (Å²) in [6.45, 7) is 2.98. The Morgan fingerprint density at radius 2 is 2.27 bits per heavy atom. The van der Waals surface area contributed by atoms with Crippen LogP contribution in [0.3, 0.4) is 0 Å². The zero-order chi connectivity index (χ0) is 11.3. The van der Waals surface area contributed by atoms with Gasteiger partial charge in [-0.2, -0.15) is 0 Å².